The third-order valence-corrected chi connectivity index (χ3v) is 4.06. The molecule has 0 amide bonds. The first-order valence-electron chi connectivity index (χ1n) is 6.66. The van der Waals surface area contributed by atoms with Crippen LogP contribution in [0.1, 0.15) is 24.0 Å². The smallest absolute Gasteiger partial charge is 0.124 e. The molecule has 4 heteroatoms. The fourth-order valence-corrected chi connectivity index (χ4v) is 2.80. The molecular weight excluding hydrogens is 242 g/mol. The molecule has 1 aromatic rings. The van der Waals surface area contributed by atoms with Gasteiger partial charge >= 0.3 is 0 Å². The second-order valence-electron chi connectivity index (χ2n) is 4.97. The summed E-state index contributed by atoms with van der Waals surface area (Å²) in [7, 11) is 5.42. The first-order chi connectivity index (χ1) is 9.16. The van der Waals surface area contributed by atoms with Gasteiger partial charge in [-0.05, 0) is 44.5 Å². The minimum absolute atomic E-state index is 0.0927. The maximum Gasteiger partial charge on any atom is 0.124 e. The Hall–Kier alpha value is -1.26. The van der Waals surface area contributed by atoms with Gasteiger partial charge in [-0.15, -0.1) is 0 Å². The Labute approximate surface area is 115 Å². The van der Waals surface area contributed by atoms with Crippen molar-refractivity contribution in [1.82, 2.24) is 5.32 Å². The number of aryl methyl sites for hydroxylation is 1. The zero-order valence-corrected chi connectivity index (χ0v) is 12.2. The Balaban J connectivity index is 2.51. The lowest BCUT2D eigenvalue weighted by molar-refractivity contribution is 0.0388. The van der Waals surface area contributed by atoms with E-state index in [0.29, 0.717) is 0 Å². The fourth-order valence-electron chi connectivity index (χ4n) is 2.80. The van der Waals surface area contributed by atoms with Gasteiger partial charge in [-0.25, -0.2) is 0 Å². The van der Waals surface area contributed by atoms with E-state index in [-0.39, 0.29) is 5.54 Å². The molecule has 1 fully saturated rings. The second kappa shape index (κ2) is 5.80. The Morgan fingerprint density at radius 2 is 1.74 bits per heavy atom. The normalized spacial score (nSPS) is 18.1. The van der Waals surface area contributed by atoms with Crippen molar-refractivity contribution in [2.75, 3.05) is 34.5 Å². The Bertz CT molecular complexity index is 439. The van der Waals surface area contributed by atoms with E-state index in [1.807, 2.05) is 20.0 Å². The lowest BCUT2D eigenvalue weighted by Gasteiger charge is -2.38. The number of methoxy groups -OCH3 is 2. The highest BCUT2D eigenvalue weighted by molar-refractivity contribution is 5.49. The standard InChI is InChI=1S/C15H23NO3/c1-11-9-14(18-4)12(10-13(11)17-3)15(16-2)5-7-19-8-6-15/h9-10,16H,5-8H2,1-4H3. The summed E-state index contributed by atoms with van der Waals surface area (Å²) in [6.45, 7) is 3.56. The third kappa shape index (κ3) is 2.55. The summed E-state index contributed by atoms with van der Waals surface area (Å²) in [5, 5.41) is 3.46. The Morgan fingerprint density at radius 1 is 1.11 bits per heavy atom. The molecule has 1 heterocycles. The SMILES string of the molecule is CNC1(c2cc(OC)c(C)cc2OC)CCOCC1. The molecule has 1 N–H and O–H groups in total. The molecule has 0 unspecified atom stereocenters. The maximum absolute atomic E-state index is 5.57. The van der Waals surface area contributed by atoms with E-state index in [1.165, 1.54) is 0 Å². The average Bonchev–Trinajstić information content (AvgIpc) is 2.47. The molecule has 2 rings (SSSR count). The number of rotatable bonds is 4. The van der Waals surface area contributed by atoms with Crippen LogP contribution in [0.15, 0.2) is 12.1 Å². The van der Waals surface area contributed by atoms with Crippen molar-refractivity contribution in [3.05, 3.63) is 23.3 Å². The van der Waals surface area contributed by atoms with E-state index >= 15 is 0 Å². The zero-order chi connectivity index (χ0) is 13.9. The molecule has 1 aromatic carbocycles. The third-order valence-electron chi connectivity index (χ3n) is 4.06. The summed E-state index contributed by atoms with van der Waals surface area (Å²) in [6.07, 6.45) is 1.87. The highest BCUT2D eigenvalue weighted by Crippen LogP contribution is 2.40. The van der Waals surface area contributed by atoms with Crippen molar-refractivity contribution in [3.8, 4) is 11.5 Å². The molecule has 0 saturated carbocycles. The fraction of sp³-hybridized carbons (Fsp3) is 0.600. The van der Waals surface area contributed by atoms with Crippen LogP contribution in [-0.4, -0.2) is 34.5 Å². The van der Waals surface area contributed by atoms with Crippen LogP contribution in [0.25, 0.3) is 0 Å². The van der Waals surface area contributed by atoms with Crippen molar-refractivity contribution >= 4 is 0 Å². The van der Waals surface area contributed by atoms with E-state index in [0.717, 1.165) is 48.7 Å². The largest absolute Gasteiger partial charge is 0.496 e. The van der Waals surface area contributed by atoms with E-state index in [1.54, 1.807) is 14.2 Å². The van der Waals surface area contributed by atoms with Crippen molar-refractivity contribution in [2.24, 2.45) is 0 Å². The molecule has 1 aliphatic rings. The summed E-state index contributed by atoms with van der Waals surface area (Å²) >= 11 is 0. The quantitative estimate of drug-likeness (QED) is 0.906. The highest BCUT2D eigenvalue weighted by Gasteiger charge is 2.35. The molecule has 0 spiro atoms. The van der Waals surface area contributed by atoms with Gasteiger partial charge in [0.1, 0.15) is 11.5 Å². The van der Waals surface area contributed by atoms with E-state index in [2.05, 4.69) is 11.4 Å². The van der Waals surface area contributed by atoms with Gasteiger partial charge in [0.2, 0.25) is 0 Å². The molecule has 0 bridgehead atoms. The van der Waals surface area contributed by atoms with Crippen LogP contribution in [0.5, 0.6) is 11.5 Å². The van der Waals surface area contributed by atoms with Crippen LogP contribution in [0.2, 0.25) is 0 Å². The minimum Gasteiger partial charge on any atom is -0.496 e. The monoisotopic (exact) mass is 265 g/mol. The van der Waals surface area contributed by atoms with Crippen molar-refractivity contribution in [1.29, 1.82) is 0 Å². The molecular formula is C15H23NO3. The molecule has 106 valence electrons. The summed E-state index contributed by atoms with van der Waals surface area (Å²) in [6, 6.07) is 4.14. The van der Waals surface area contributed by atoms with Crippen molar-refractivity contribution in [2.45, 2.75) is 25.3 Å². The van der Waals surface area contributed by atoms with Gasteiger partial charge in [0.15, 0.2) is 0 Å². The minimum atomic E-state index is -0.0927. The number of hydrogen-bond acceptors (Lipinski definition) is 4. The van der Waals surface area contributed by atoms with Gasteiger partial charge in [-0.2, -0.15) is 0 Å². The molecule has 1 saturated heterocycles. The van der Waals surface area contributed by atoms with Crippen LogP contribution in [0.3, 0.4) is 0 Å². The zero-order valence-electron chi connectivity index (χ0n) is 12.2. The Morgan fingerprint density at radius 3 is 2.26 bits per heavy atom. The first kappa shape index (κ1) is 14.2. The van der Waals surface area contributed by atoms with Crippen LogP contribution in [0.4, 0.5) is 0 Å². The molecule has 4 nitrogen and oxygen atoms in total. The Kier molecular flexibility index (Phi) is 4.32. The predicted molar refractivity (Wildman–Crippen MR) is 75.1 cm³/mol. The lowest BCUT2D eigenvalue weighted by Crippen LogP contribution is -2.45. The molecule has 1 aliphatic heterocycles. The molecule has 0 aliphatic carbocycles. The van der Waals surface area contributed by atoms with Crippen molar-refractivity contribution < 1.29 is 14.2 Å². The average molecular weight is 265 g/mol. The van der Waals surface area contributed by atoms with Gasteiger partial charge in [0.05, 0.1) is 19.8 Å². The number of nitrogens with one attached hydrogen (secondary N) is 1. The maximum atomic E-state index is 5.57. The van der Waals surface area contributed by atoms with Crippen LogP contribution in [-0.2, 0) is 10.3 Å². The number of ether oxygens (including phenoxy) is 3. The molecule has 0 radical (unpaired) electrons. The molecule has 19 heavy (non-hydrogen) atoms. The van der Waals surface area contributed by atoms with Gasteiger partial charge < -0.3 is 19.5 Å². The van der Waals surface area contributed by atoms with Gasteiger partial charge in [-0.3, -0.25) is 0 Å². The van der Waals surface area contributed by atoms with E-state index in [9.17, 15) is 0 Å². The summed E-state index contributed by atoms with van der Waals surface area (Å²) in [4.78, 5) is 0. The predicted octanol–water partition coefficient (Wildman–Crippen LogP) is 2.24. The van der Waals surface area contributed by atoms with Crippen LogP contribution in [0, 0.1) is 6.92 Å². The molecule has 0 aromatic heterocycles. The lowest BCUT2D eigenvalue weighted by atomic mass is 9.81. The number of hydrogen-bond donors (Lipinski definition) is 1. The number of benzene rings is 1. The van der Waals surface area contributed by atoms with Crippen LogP contribution >= 0.6 is 0 Å². The van der Waals surface area contributed by atoms with Crippen molar-refractivity contribution in [3.63, 3.8) is 0 Å². The summed E-state index contributed by atoms with van der Waals surface area (Å²) in [5.41, 5.74) is 2.15. The second-order valence-corrected chi connectivity index (χ2v) is 4.97. The topological polar surface area (TPSA) is 39.7 Å². The van der Waals surface area contributed by atoms with Gasteiger partial charge in [0.25, 0.3) is 0 Å². The summed E-state index contributed by atoms with van der Waals surface area (Å²) in [5.74, 6) is 1.81. The molecule has 0 atom stereocenters. The van der Waals surface area contributed by atoms with Crippen LogP contribution < -0.4 is 14.8 Å². The highest BCUT2D eigenvalue weighted by atomic mass is 16.5. The first-order valence-corrected chi connectivity index (χ1v) is 6.66. The van der Waals surface area contributed by atoms with Gasteiger partial charge in [-0.1, -0.05) is 0 Å². The summed E-state index contributed by atoms with van der Waals surface area (Å²) < 4.78 is 16.5. The van der Waals surface area contributed by atoms with Gasteiger partial charge in [0, 0.05) is 18.8 Å². The van der Waals surface area contributed by atoms with E-state index in [4.69, 9.17) is 14.2 Å². The van der Waals surface area contributed by atoms with E-state index < -0.39 is 0 Å².